The molecule has 2 nitrogen and oxygen atoms in total. The molecule has 1 fully saturated rings. The van der Waals surface area contributed by atoms with E-state index in [0.29, 0.717) is 0 Å². The number of nitrogens with zero attached hydrogens (tertiary/aromatic N) is 2. The van der Waals surface area contributed by atoms with Gasteiger partial charge in [-0.15, -0.1) is 0 Å². The van der Waals surface area contributed by atoms with Gasteiger partial charge < -0.3 is 4.90 Å². The van der Waals surface area contributed by atoms with E-state index in [1.54, 1.807) is 0 Å². The topological polar surface area (TPSA) is 6.48 Å². The average molecular weight is 405 g/mol. The number of piperazine rings is 1. The lowest BCUT2D eigenvalue weighted by Gasteiger charge is -2.37. The number of anilines is 1. The summed E-state index contributed by atoms with van der Waals surface area (Å²) in [4.78, 5) is 5.18. The highest BCUT2D eigenvalue weighted by Crippen LogP contribution is 2.36. The second kappa shape index (κ2) is 7.25. The van der Waals surface area contributed by atoms with Crippen LogP contribution in [-0.2, 0) is 6.54 Å². The third-order valence-corrected chi connectivity index (χ3v) is 7.09. The Kier molecular flexibility index (Phi) is 4.36. The Morgan fingerprint density at radius 1 is 0.677 bits per heavy atom. The van der Waals surface area contributed by atoms with Gasteiger partial charge in [-0.3, -0.25) is 4.90 Å². The van der Waals surface area contributed by atoms with Crippen LogP contribution in [0, 0.1) is 13.8 Å². The van der Waals surface area contributed by atoms with Crippen LogP contribution in [0.25, 0.3) is 32.3 Å². The normalized spacial score (nSPS) is 15.5. The quantitative estimate of drug-likeness (QED) is 0.316. The van der Waals surface area contributed by atoms with Crippen LogP contribution >= 0.6 is 0 Å². The monoisotopic (exact) mass is 404 g/mol. The van der Waals surface area contributed by atoms with E-state index in [-0.39, 0.29) is 0 Å². The van der Waals surface area contributed by atoms with Gasteiger partial charge in [-0.1, -0.05) is 66.7 Å². The first-order valence-corrected chi connectivity index (χ1v) is 11.4. The SMILES string of the molecule is Cc1ccc(C)c(N2CCN(Cc3ccc4ccc5cccc6ccc3c4c56)CC2)c1. The highest BCUT2D eigenvalue weighted by Gasteiger charge is 2.20. The van der Waals surface area contributed by atoms with Crippen LogP contribution in [-0.4, -0.2) is 31.1 Å². The van der Waals surface area contributed by atoms with Gasteiger partial charge >= 0.3 is 0 Å². The number of hydrogen-bond donors (Lipinski definition) is 0. The molecule has 0 radical (unpaired) electrons. The molecule has 1 aliphatic rings. The molecule has 154 valence electrons. The summed E-state index contributed by atoms with van der Waals surface area (Å²) in [6.07, 6.45) is 0. The summed E-state index contributed by atoms with van der Waals surface area (Å²) in [5.41, 5.74) is 5.58. The Morgan fingerprint density at radius 2 is 1.35 bits per heavy atom. The molecule has 0 amide bonds. The lowest BCUT2D eigenvalue weighted by molar-refractivity contribution is 0.250. The van der Waals surface area contributed by atoms with Gasteiger partial charge in [-0.2, -0.15) is 0 Å². The van der Waals surface area contributed by atoms with Crippen molar-refractivity contribution < 1.29 is 0 Å². The third-order valence-electron chi connectivity index (χ3n) is 7.09. The van der Waals surface area contributed by atoms with Crippen LogP contribution in [0.3, 0.4) is 0 Å². The zero-order chi connectivity index (χ0) is 20.9. The van der Waals surface area contributed by atoms with Crippen molar-refractivity contribution in [2.24, 2.45) is 0 Å². The number of hydrogen-bond acceptors (Lipinski definition) is 2. The Morgan fingerprint density at radius 3 is 2.13 bits per heavy atom. The molecule has 1 saturated heterocycles. The molecule has 31 heavy (non-hydrogen) atoms. The second-order valence-corrected chi connectivity index (χ2v) is 9.13. The summed E-state index contributed by atoms with van der Waals surface area (Å²) in [7, 11) is 0. The Bertz CT molecular complexity index is 1380. The molecule has 0 spiro atoms. The number of aryl methyl sites for hydroxylation is 2. The van der Waals surface area contributed by atoms with E-state index in [4.69, 9.17) is 0 Å². The van der Waals surface area contributed by atoms with E-state index in [9.17, 15) is 0 Å². The van der Waals surface area contributed by atoms with Gasteiger partial charge in [0, 0.05) is 38.4 Å². The molecular weight excluding hydrogens is 376 g/mol. The molecule has 0 N–H and O–H groups in total. The van der Waals surface area contributed by atoms with Crippen molar-refractivity contribution >= 4 is 38.0 Å². The molecule has 6 rings (SSSR count). The highest BCUT2D eigenvalue weighted by molar-refractivity contribution is 6.23. The van der Waals surface area contributed by atoms with E-state index in [1.165, 1.54) is 54.7 Å². The zero-order valence-corrected chi connectivity index (χ0v) is 18.4. The molecule has 0 aliphatic carbocycles. The summed E-state index contributed by atoms with van der Waals surface area (Å²) in [5.74, 6) is 0. The molecule has 1 heterocycles. The molecule has 0 aromatic heterocycles. The predicted molar refractivity (Wildman–Crippen MR) is 134 cm³/mol. The molecule has 0 bridgehead atoms. The fourth-order valence-corrected chi connectivity index (χ4v) is 5.38. The lowest BCUT2D eigenvalue weighted by atomic mass is 9.92. The summed E-state index contributed by atoms with van der Waals surface area (Å²) in [6, 6.07) is 27.3. The van der Waals surface area contributed by atoms with E-state index in [2.05, 4.69) is 96.4 Å². The van der Waals surface area contributed by atoms with E-state index < -0.39 is 0 Å². The maximum absolute atomic E-state index is 2.62. The van der Waals surface area contributed by atoms with Crippen molar-refractivity contribution in [1.82, 2.24) is 4.90 Å². The summed E-state index contributed by atoms with van der Waals surface area (Å²) in [5, 5.41) is 8.30. The van der Waals surface area contributed by atoms with Gasteiger partial charge in [0.05, 0.1) is 0 Å². The fourth-order valence-electron chi connectivity index (χ4n) is 5.38. The van der Waals surface area contributed by atoms with Crippen molar-refractivity contribution in [2.45, 2.75) is 20.4 Å². The first-order chi connectivity index (χ1) is 15.2. The van der Waals surface area contributed by atoms with Crippen LogP contribution < -0.4 is 4.90 Å². The summed E-state index contributed by atoms with van der Waals surface area (Å²) < 4.78 is 0. The van der Waals surface area contributed by atoms with Crippen molar-refractivity contribution in [1.29, 1.82) is 0 Å². The minimum absolute atomic E-state index is 1.02. The lowest BCUT2D eigenvalue weighted by Crippen LogP contribution is -2.46. The Labute approximate surface area is 184 Å². The molecule has 1 aliphatic heterocycles. The number of benzene rings is 5. The van der Waals surface area contributed by atoms with Gasteiger partial charge in [0.1, 0.15) is 0 Å². The third kappa shape index (κ3) is 3.14. The van der Waals surface area contributed by atoms with E-state index in [1.807, 2.05) is 0 Å². The fraction of sp³-hybridized carbons (Fsp3) is 0.241. The highest BCUT2D eigenvalue weighted by atomic mass is 15.3. The van der Waals surface area contributed by atoms with Crippen molar-refractivity contribution in [3.05, 3.63) is 89.5 Å². The maximum atomic E-state index is 2.62. The molecule has 5 aromatic carbocycles. The number of rotatable bonds is 3. The minimum atomic E-state index is 1.02. The molecule has 0 atom stereocenters. The maximum Gasteiger partial charge on any atom is 0.0399 e. The van der Waals surface area contributed by atoms with Gasteiger partial charge in [0.25, 0.3) is 0 Å². The Balaban J connectivity index is 1.29. The van der Waals surface area contributed by atoms with E-state index in [0.717, 1.165) is 32.7 Å². The van der Waals surface area contributed by atoms with Crippen LogP contribution in [0.15, 0.2) is 72.8 Å². The molecule has 5 aromatic rings. The van der Waals surface area contributed by atoms with Gasteiger partial charge in [-0.05, 0) is 68.9 Å². The smallest absolute Gasteiger partial charge is 0.0399 e. The molecule has 2 heteroatoms. The van der Waals surface area contributed by atoms with Crippen molar-refractivity contribution in [3.8, 4) is 0 Å². The standard InChI is InChI=1S/C29H28N2/c1-20-6-7-21(2)27(18-20)31-16-14-30(15-17-31)19-25-11-10-24-9-8-22-4-3-5-23-12-13-26(25)29(24)28(22)23/h3-13,18H,14-17,19H2,1-2H3. The van der Waals surface area contributed by atoms with Gasteiger partial charge in [0.15, 0.2) is 0 Å². The predicted octanol–water partition coefficient (Wildman–Crippen LogP) is 6.52. The largest absolute Gasteiger partial charge is 0.369 e. The van der Waals surface area contributed by atoms with Gasteiger partial charge in [0.2, 0.25) is 0 Å². The average Bonchev–Trinajstić information content (AvgIpc) is 2.80. The Hall–Kier alpha value is -3.10. The van der Waals surface area contributed by atoms with Crippen LogP contribution in [0.4, 0.5) is 5.69 Å². The van der Waals surface area contributed by atoms with E-state index >= 15 is 0 Å². The molecular formula is C29H28N2. The zero-order valence-electron chi connectivity index (χ0n) is 18.4. The van der Waals surface area contributed by atoms with Crippen LogP contribution in [0.5, 0.6) is 0 Å². The first kappa shape index (κ1) is 18.7. The molecule has 0 saturated carbocycles. The van der Waals surface area contributed by atoms with Crippen molar-refractivity contribution in [3.63, 3.8) is 0 Å². The van der Waals surface area contributed by atoms with Crippen LogP contribution in [0.1, 0.15) is 16.7 Å². The van der Waals surface area contributed by atoms with Gasteiger partial charge in [-0.25, -0.2) is 0 Å². The van der Waals surface area contributed by atoms with Crippen molar-refractivity contribution in [2.75, 3.05) is 31.1 Å². The summed E-state index contributed by atoms with van der Waals surface area (Å²) in [6.45, 7) is 9.84. The molecule has 0 unspecified atom stereocenters. The van der Waals surface area contributed by atoms with Crippen LogP contribution in [0.2, 0.25) is 0 Å². The minimum Gasteiger partial charge on any atom is -0.369 e. The summed E-state index contributed by atoms with van der Waals surface area (Å²) >= 11 is 0. The second-order valence-electron chi connectivity index (χ2n) is 9.13. The first-order valence-electron chi connectivity index (χ1n) is 11.4.